The Morgan fingerprint density at radius 1 is 1.36 bits per heavy atom. The summed E-state index contributed by atoms with van der Waals surface area (Å²) in [6.45, 7) is 5.37. The molecule has 2 rings (SSSR count). The first-order valence-corrected chi connectivity index (χ1v) is 5.79. The molecule has 0 aromatic heterocycles. The Morgan fingerprint density at radius 3 is 2.50 bits per heavy atom. The molecule has 0 unspecified atom stereocenters. The van der Waals surface area contributed by atoms with E-state index in [0.717, 1.165) is 16.0 Å². The maximum Gasteiger partial charge on any atom is 0.0899 e. The van der Waals surface area contributed by atoms with Crippen LogP contribution < -0.4 is 4.90 Å². The van der Waals surface area contributed by atoms with Crippen LogP contribution in [0.4, 0.5) is 5.69 Å². The van der Waals surface area contributed by atoms with Crippen LogP contribution in [0.25, 0.3) is 0 Å². The molecule has 14 heavy (non-hydrogen) atoms. The van der Waals surface area contributed by atoms with Crippen LogP contribution in [0.15, 0.2) is 28.7 Å². The number of para-hydroxylation sites is 1. The Hall–Kier alpha value is -0.410. The normalized spacial score (nSPS) is 19.4. The predicted octanol–water partition coefficient (Wildman–Crippen LogP) is 3.62. The molecule has 1 aliphatic heterocycles. The quantitative estimate of drug-likeness (QED) is 0.717. The standard InChI is InChI=1S/C11H12BrNS/c1-11(2)7-13(10(11)14)9-6-4-3-5-8(9)12/h3-6H,7H2,1-2H3. The second-order valence-corrected chi connectivity index (χ2v) is 5.47. The van der Waals surface area contributed by atoms with Gasteiger partial charge in [-0.1, -0.05) is 38.2 Å². The van der Waals surface area contributed by atoms with Crippen LogP contribution in [-0.2, 0) is 0 Å². The van der Waals surface area contributed by atoms with Crippen LogP contribution in [0.1, 0.15) is 13.8 Å². The zero-order valence-corrected chi connectivity index (χ0v) is 10.7. The van der Waals surface area contributed by atoms with E-state index in [1.54, 1.807) is 0 Å². The van der Waals surface area contributed by atoms with Gasteiger partial charge in [0.2, 0.25) is 0 Å². The van der Waals surface area contributed by atoms with Gasteiger partial charge in [0.05, 0.1) is 10.7 Å². The Bertz CT molecular complexity index is 387. The molecule has 1 aromatic carbocycles. The number of rotatable bonds is 1. The van der Waals surface area contributed by atoms with E-state index in [4.69, 9.17) is 12.2 Å². The topological polar surface area (TPSA) is 3.24 Å². The summed E-state index contributed by atoms with van der Waals surface area (Å²) >= 11 is 8.92. The molecule has 74 valence electrons. The van der Waals surface area contributed by atoms with Gasteiger partial charge in [-0.2, -0.15) is 0 Å². The van der Waals surface area contributed by atoms with Gasteiger partial charge in [0.1, 0.15) is 0 Å². The molecule has 0 aliphatic carbocycles. The zero-order valence-electron chi connectivity index (χ0n) is 8.25. The fourth-order valence-electron chi connectivity index (χ4n) is 1.67. The highest BCUT2D eigenvalue weighted by Crippen LogP contribution is 2.39. The first-order valence-electron chi connectivity index (χ1n) is 4.59. The Morgan fingerprint density at radius 2 is 2.00 bits per heavy atom. The highest BCUT2D eigenvalue weighted by Gasteiger charge is 2.41. The smallest absolute Gasteiger partial charge is 0.0899 e. The van der Waals surface area contributed by atoms with Crippen LogP contribution >= 0.6 is 28.1 Å². The number of thiocarbonyl (C=S) groups is 1. The van der Waals surface area contributed by atoms with Crippen LogP contribution in [0.3, 0.4) is 0 Å². The summed E-state index contributed by atoms with van der Waals surface area (Å²) in [5.41, 5.74) is 1.36. The van der Waals surface area contributed by atoms with Crippen molar-refractivity contribution in [3.05, 3.63) is 28.7 Å². The first-order chi connectivity index (χ1) is 6.52. The maximum atomic E-state index is 5.39. The van der Waals surface area contributed by atoms with E-state index in [1.165, 1.54) is 5.69 Å². The first kappa shape index (κ1) is 10.1. The van der Waals surface area contributed by atoms with Crippen molar-refractivity contribution in [3.63, 3.8) is 0 Å². The Balaban J connectivity index is 2.28. The second kappa shape index (κ2) is 3.31. The fraction of sp³-hybridized carbons (Fsp3) is 0.364. The third-order valence-electron chi connectivity index (χ3n) is 2.52. The zero-order chi connectivity index (χ0) is 10.3. The monoisotopic (exact) mass is 269 g/mol. The maximum absolute atomic E-state index is 5.39. The minimum absolute atomic E-state index is 0.185. The number of benzene rings is 1. The van der Waals surface area contributed by atoms with E-state index in [-0.39, 0.29) is 5.41 Å². The van der Waals surface area contributed by atoms with E-state index in [2.05, 4.69) is 40.7 Å². The summed E-state index contributed by atoms with van der Waals surface area (Å²) in [6, 6.07) is 8.18. The molecule has 0 atom stereocenters. The SMILES string of the molecule is CC1(C)CN(c2ccccc2Br)C1=S. The molecular formula is C11H12BrNS. The molecule has 3 heteroatoms. The van der Waals surface area contributed by atoms with E-state index in [1.807, 2.05) is 18.2 Å². The van der Waals surface area contributed by atoms with Crippen LogP contribution in [0, 0.1) is 5.41 Å². The van der Waals surface area contributed by atoms with Crippen molar-refractivity contribution in [2.45, 2.75) is 13.8 Å². The lowest BCUT2D eigenvalue weighted by atomic mass is 9.84. The van der Waals surface area contributed by atoms with Gasteiger partial charge in [0.25, 0.3) is 0 Å². The molecule has 1 nitrogen and oxygen atoms in total. The van der Waals surface area contributed by atoms with Crippen molar-refractivity contribution in [1.29, 1.82) is 0 Å². The van der Waals surface area contributed by atoms with Gasteiger partial charge < -0.3 is 4.90 Å². The van der Waals surface area contributed by atoms with Crippen molar-refractivity contribution >= 4 is 38.8 Å². The Kier molecular flexibility index (Phi) is 2.40. The van der Waals surface area contributed by atoms with Gasteiger partial charge in [-0.3, -0.25) is 0 Å². The molecule has 1 aromatic rings. The third-order valence-corrected chi connectivity index (χ3v) is 3.96. The molecule has 1 heterocycles. The molecule has 0 saturated carbocycles. The molecule has 0 N–H and O–H groups in total. The lowest BCUT2D eigenvalue weighted by Crippen LogP contribution is -2.57. The van der Waals surface area contributed by atoms with Crippen molar-refractivity contribution in [2.24, 2.45) is 5.41 Å². The highest BCUT2D eigenvalue weighted by atomic mass is 79.9. The molecule has 1 fully saturated rings. The largest absolute Gasteiger partial charge is 0.334 e. The van der Waals surface area contributed by atoms with Crippen LogP contribution in [0.2, 0.25) is 0 Å². The third kappa shape index (κ3) is 1.48. The summed E-state index contributed by atoms with van der Waals surface area (Å²) in [5, 5.41) is 0. The summed E-state index contributed by atoms with van der Waals surface area (Å²) in [7, 11) is 0. The van der Waals surface area contributed by atoms with Gasteiger partial charge in [0.15, 0.2) is 0 Å². The number of halogens is 1. The van der Waals surface area contributed by atoms with Crippen molar-refractivity contribution in [1.82, 2.24) is 0 Å². The molecule has 0 radical (unpaired) electrons. The molecule has 0 spiro atoms. The van der Waals surface area contributed by atoms with Crippen molar-refractivity contribution in [2.75, 3.05) is 11.4 Å². The van der Waals surface area contributed by atoms with Gasteiger partial charge in [-0.25, -0.2) is 0 Å². The van der Waals surface area contributed by atoms with Crippen LogP contribution in [-0.4, -0.2) is 11.5 Å². The van der Waals surface area contributed by atoms with Crippen LogP contribution in [0.5, 0.6) is 0 Å². The number of hydrogen-bond donors (Lipinski definition) is 0. The van der Waals surface area contributed by atoms with Gasteiger partial charge in [-0.15, -0.1) is 0 Å². The Labute approximate surface area is 98.2 Å². The lowest BCUT2D eigenvalue weighted by molar-refractivity contribution is 0.469. The number of anilines is 1. The van der Waals surface area contributed by atoms with E-state index in [0.29, 0.717) is 0 Å². The van der Waals surface area contributed by atoms with E-state index >= 15 is 0 Å². The second-order valence-electron chi connectivity index (χ2n) is 4.23. The highest BCUT2D eigenvalue weighted by molar-refractivity contribution is 9.10. The average molecular weight is 270 g/mol. The molecule has 0 bridgehead atoms. The number of nitrogens with zero attached hydrogens (tertiary/aromatic N) is 1. The molecular weight excluding hydrogens is 258 g/mol. The van der Waals surface area contributed by atoms with Gasteiger partial charge in [-0.05, 0) is 28.1 Å². The summed E-state index contributed by atoms with van der Waals surface area (Å²) in [6.07, 6.45) is 0. The van der Waals surface area contributed by atoms with Crippen molar-refractivity contribution in [3.8, 4) is 0 Å². The van der Waals surface area contributed by atoms with Gasteiger partial charge >= 0.3 is 0 Å². The predicted molar refractivity (Wildman–Crippen MR) is 67.9 cm³/mol. The fourth-order valence-corrected chi connectivity index (χ4v) is 2.40. The minimum Gasteiger partial charge on any atom is -0.334 e. The summed E-state index contributed by atoms with van der Waals surface area (Å²) < 4.78 is 1.11. The molecule has 1 saturated heterocycles. The van der Waals surface area contributed by atoms with E-state index < -0.39 is 0 Å². The lowest BCUT2D eigenvalue weighted by Gasteiger charge is -2.48. The molecule has 0 amide bonds. The summed E-state index contributed by atoms with van der Waals surface area (Å²) in [4.78, 5) is 3.21. The van der Waals surface area contributed by atoms with Gasteiger partial charge in [0, 0.05) is 16.4 Å². The van der Waals surface area contributed by atoms with E-state index in [9.17, 15) is 0 Å². The average Bonchev–Trinajstić information content (AvgIpc) is 2.15. The van der Waals surface area contributed by atoms with Crippen molar-refractivity contribution < 1.29 is 0 Å². The number of hydrogen-bond acceptors (Lipinski definition) is 1. The minimum atomic E-state index is 0.185. The summed E-state index contributed by atoms with van der Waals surface area (Å²) in [5.74, 6) is 0. The molecule has 1 aliphatic rings.